The first-order valence-corrected chi connectivity index (χ1v) is 12.7. The zero-order valence-electron chi connectivity index (χ0n) is 20.7. The molecule has 7 rings (SSSR count). The minimum Gasteiger partial charge on any atom is -0.336 e. The summed E-state index contributed by atoms with van der Waals surface area (Å²) in [6, 6.07) is 40.3. The molecular weight excluding hydrogens is 436 g/mol. The van der Waals surface area contributed by atoms with Gasteiger partial charge in [-0.25, -0.2) is 0 Å². The SMILES string of the molecule is Cc1ccc2c(c1)c1cc(C)ccc1n2Cc1ccc(Cn2c3ccccc3c3ccccc32)cc1. The van der Waals surface area contributed by atoms with Crippen LogP contribution in [-0.2, 0) is 13.1 Å². The summed E-state index contributed by atoms with van der Waals surface area (Å²) < 4.78 is 4.91. The van der Waals surface area contributed by atoms with Gasteiger partial charge in [0.1, 0.15) is 0 Å². The molecule has 0 radical (unpaired) electrons. The molecule has 0 atom stereocenters. The molecule has 0 aliphatic carbocycles. The van der Waals surface area contributed by atoms with E-state index in [-0.39, 0.29) is 0 Å². The molecule has 2 nitrogen and oxygen atoms in total. The molecule has 0 saturated carbocycles. The fraction of sp³-hybridized carbons (Fsp3) is 0.118. The summed E-state index contributed by atoms with van der Waals surface area (Å²) in [5.41, 5.74) is 10.4. The topological polar surface area (TPSA) is 9.86 Å². The van der Waals surface area contributed by atoms with Gasteiger partial charge in [-0.15, -0.1) is 0 Å². The monoisotopic (exact) mass is 464 g/mol. The van der Waals surface area contributed by atoms with Gasteiger partial charge in [0.25, 0.3) is 0 Å². The summed E-state index contributed by atoms with van der Waals surface area (Å²) >= 11 is 0. The molecule has 0 unspecified atom stereocenters. The lowest BCUT2D eigenvalue weighted by Crippen LogP contribution is -2.02. The Balaban J connectivity index is 1.25. The summed E-state index contributed by atoms with van der Waals surface area (Å²) in [7, 11) is 0. The van der Waals surface area contributed by atoms with Crippen molar-refractivity contribution in [2.24, 2.45) is 0 Å². The second-order valence-electron chi connectivity index (χ2n) is 10.1. The van der Waals surface area contributed by atoms with E-state index in [1.807, 2.05) is 0 Å². The molecule has 2 heteroatoms. The van der Waals surface area contributed by atoms with E-state index in [0.29, 0.717) is 0 Å². The van der Waals surface area contributed by atoms with Crippen LogP contribution in [0.2, 0.25) is 0 Å². The number of fused-ring (bicyclic) bond motifs is 6. The van der Waals surface area contributed by atoms with Gasteiger partial charge in [0.15, 0.2) is 0 Å². The molecule has 0 N–H and O–H groups in total. The normalized spacial score (nSPS) is 11.8. The van der Waals surface area contributed by atoms with E-state index in [4.69, 9.17) is 0 Å². The fourth-order valence-electron chi connectivity index (χ4n) is 5.79. The van der Waals surface area contributed by atoms with Gasteiger partial charge in [-0.05, 0) is 61.4 Å². The maximum atomic E-state index is 2.46. The van der Waals surface area contributed by atoms with Crippen LogP contribution < -0.4 is 0 Å². The van der Waals surface area contributed by atoms with Gasteiger partial charge in [0, 0.05) is 56.7 Å². The molecule has 0 bridgehead atoms. The van der Waals surface area contributed by atoms with Crippen LogP contribution in [0.5, 0.6) is 0 Å². The molecule has 0 fully saturated rings. The number of hydrogen-bond acceptors (Lipinski definition) is 0. The van der Waals surface area contributed by atoms with Crippen molar-refractivity contribution in [3.05, 3.63) is 131 Å². The molecule has 5 aromatic carbocycles. The molecule has 7 aromatic rings. The van der Waals surface area contributed by atoms with Gasteiger partial charge in [-0.3, -0.25) is 0 Å². The number of benzene rings is 5. The fourth-order valence-corrected chi connectivity index (χ4v) is 5.79. The minimum atomic E-state index is 0.863. The van der Waals surface area contributed by atoms with Crippen LogP contribution in [0.25, 0.3) is 43.6 Å². The summed E-state index contributed by atoms with van der Waals surface area (Å²) in [4.78, 5) is 0. The second-order valence-corrected chi connectivity index (χ2v) is 10.1. The van der Waals surface area contributed by atoms with Crippen molar-refractivity contribution in [3.8, 4) is 0 Å². The van der Waals surface area contributed by atoms with Gasteiger partial charge in [-0.1, -0.05) is 83.9 Å². The van der Waals surface area contributed by atoms with Gasteiger partial charge in [0.05, 0.1) is 0 Å². The maximum absolute atomic E-state index is 2.46. The third-order valence-electron chi connectivity index (χ3n) is 7.56. The molecule has 174 valence electrons. The Hall–Kier alpha value is -4.30. The highest BCUT2D eigenvalue weighted by atomic mass is 15.0. The first-order valence-electron chi connectivity index (χ1n) is 12.7. The van der Waals surface area contributed by atoms with E-state index >= 15 is 0 Å². The Morgan fingerprint density at radius 3 is 1.25 bits per heavy atom. The van der Waals surface area contributed by atoms with Crippen LogP contribution in [0.3, 0.4) is 0 Å². The van der Waals surface area contributed by atoms with Gasteiger partial charge >= 0.3 is 0 Å². The highest BCUT2D eigenvalue weighted by Crippen LogP contribution is 2.32. The van der Waals surface area contributed by atoms with Crippen molar-refractivity contribution in [2.75, 3.05) is 0 Å². The predicted molar refractivity (Wildman–Crippen MR) is 153 cm³/mol. The number of hydrogen-bond donors (Lipinski definition) is 0. The summed E-state index contributed by atoms with van der Waals surface area (Å²) in [5.74, 6) is 0. The van der Waals surface area contributed by atoms with E-state index in [1.54, 1.807) is 0 Å². The minimum absolute atomic E-state index is 0.863. The molecule has 36 heavy (non-hydrogen) atoms. The van der Waals surface area contributed by atoms with Crippen LogP contribution in [0, 0.1) is 13.8 Å². The summed E-state index contributed by atoms with van der Waals surface area (Å²) in [6.45, 7) is 6.08. The van der Waals surface area contributed by atoms with Crippen molar-refractivity contribution >= 4 is 43.6 Å². The predicted octanol–water partition coefficient (Wildman–Crippen LogP) is 8.62. The number of aromatic nitrogens is 2. The number of aryl methyl sites for hydroxylation is 2. The lowest BCUT2D eigenvalue weighted by molar-refractivity contribution is 0.852. The van der Waals surface area contributed by atoms with Crippen LogP contribution in [-0.4, -0.2) is 9.13 Å². The van der Waals surface area contributed by atoms with Crippen LogP contribution >= 0.6 is 0 Å². The smallest absolute Gasteiger partial charge is 0.0494 e. The van der Waals surface area contributed by atoms with E-state index in [0.717, 1.165) is 13.1 Å². The third-order valence-corrected chi connectivity index (χ3v) is 7.56. The molecule has 0 aliphatic rings. The van der Waals surface area contributed by atoms with Crippen LogP contribution in [0.1, 0.15) is 22.3 Å². The lowest BCUT2D eigenvalue weighted by Gasteiger charge is -2.11. The number of para-hydroxylation sites is 2. The Morgan fingerprint density at radius 2 is 0.806 bits per heavy atom. The molecular formula is C34H28N2. The van der Waals surface area contributed by atoms with Gasteiger partial charge < -0.3 is 9.13 Å². The average Bonchev–Trinajstić information content (AvgIpc) is 3.37. The van der Waals surface area contributed by atoms with Crippen molar-refractivity contribution in [3.63, 3.8) is 0 Å². The van der Waals surface area contributed by atoms with Crippen LogP contribution in [0.15, 0.2) is 109 Å². The van der Waals surface area contributed by atoms with Crippen molar-refractivity contribution in [1.82, 2.24) is 9.13 Å². The zero-order chi connectivity index (χ0) is 24.2. The van der Waals surface area contributed by atoms with Gasteiger partial charge in [-0.2, -0.15) is 0 Å². The molecule has 2 heterocycles. The standard InChI is InChI=1S/C34H28N2/c1-23-11-17-33-29(19-23)30-20-24(2)12-18-34(30)36(33)22-26-15-13-25(14-16-26)21-35-31-9-5-3-7-27(31)28-8-4-6-10-32(28)35/h3-20H,21-22H2,1-2H3. The Kier molecular flexibility index (Phi) is 4.75. The average molecular weight is 465 g/mol. The first-order chi connectivity index (χ1) is 17.7. The second kappa shape index (κ2) is 8.13. The van der Waals surface area contributed by atoms with E-state index in [9.17, 15) is 0 Å². The molecule has 0 spiro atoms. The Bertz CT molecular complexity index is 1790. The number of nitrogens with zero attached hydrogens (tertiary/aromatic N) is 2. The quantitative estimate of drug-likeness (QED) is 0.247. The Labute approximate surface area is 211 Å². The third kappa shape index (κ3) is 3.33. The summed E-state index contributed by atoms with van der Waals surface area (Å²) in [6.07, 6.45) is 0. The number of rotatable bonds is 4. The highest BCUT2D eigenvalue weighted by Gasteiger charge is 2.13. The van der Waals surface area contributed by atoms with E-state index in [2.05, 4.69) is 132 Å². The largest absolute Gasteiger partial charge is 0.336 e. The van der Waals surface area contributed by atoms with Crippen molar-refractivity contribution in [2.45, 2.75) is 26.9 Å². The van der Waals surface area contributed by atoms with E-state index in [1.165, 1.54) is 65.9 Å². The van der Waals surface area contributed by atoms with Crippen LogP contribution in [0.4, 0.5) is 0 Å². The maximum Gasteiger partial charge on any atom is 0.0494 e. The lowest BCUT2D eigenvalue weighted by atomic mass is 10.1. The van der Waals surface area contributed by atoms with Crippen molar-refractivity contribution < 1.29 is 0 Å². The molecule has 2 aromatic heterocycles. The first kappa shape index (κ1) is 21.0. The highest BCUT2D eigenvalue weighted by molar-refractivity contribution is 6.09. The molecule has 0 aliphatic heterocycles. The van der Waals surface area contributed by atoms with Crippen molar-refractivity contribution in [1.29, 1.82) is 0 Å². The molecule has 0 saturated heterocycles. The van der Waals surface area contributed by atoms with E-state index < -0.39 is 0 Å². The van der Waals surface area contributed by atoms with Gasteiger partial charge in [0.2, 0.25) is 0 Å². The summed E-state index contributed by atoms with van der Waals surface area (Å²) in [5, 5.41) is 5.33. The zero-order valence-corrected chi connectivity index (χ0v) is 20.7. The molecule has 0 amide bonds. The Morgan fingerprint density at radius 1 is 0.417 bits per heavy atom.